The number of aromatic nitrogens is 4. The van der Waals surface area contributed by atoms with Gasteiger partial charge in [0.1, 0.15) is 0 Å². The van der Waals surface area contributed by atoms with Crippen LogP contribution in [0.25, 0.3) is 5.69 Å². The number of tetrazole rings is 1. The van der Waals surface area contributed by atoms with Crippen LogP contribution in [-0.4, -0.2) is 38.4 Å². The normalized spacial score (nSPS) is 12.0. The summed E-state index contributed by atoms with van der Waals surface area (Å²) in [6.45, 7) is 1.84. The van der Waals surface area contributed by atoms with E-state index in [4.69, 9.17) is 11.6 Å². The fourth-order valence-electron chi connectivity index (χ4n) is 2.28. The van der Waals surface area contributed by atoms with E-state index in [1.54, 1.807) is 28.8 Å². The zero-order chi connectivity index (χ0) is 17.8. The molecule has 0 saturated carbocycles. The van der Waals surface area contributed by atoms with Gasteiger partial charge in [0, 0.05) is 17.8 Å². The molecule has 0 N–H and O–H groups in total. The lowest BCUT2D eigenvalue weighted by atomic mass is 10.3. The fraction of sp³-hybridized carbons (Fsp3) is 0.176. The summed E-state index contributed by atoms with van der Waals surface area (Å²) < 4.78 is 1.57. The lowest BCUT2D eigenvalue weighted by Gasteiger charge is -2.20. The first kappa shape index (κ1) is 17.4. The number of hydrogen-bond donors (Lipinski definition) is 0. The minimum atomic E-state index is -0.353. The zero-order valence-electron chi connectivity index (χ0n) is 13.7. The van der Waals surface area contributed by atoms with Crippen LogP contribution >= 0.6 is 23.4 Å². The molecule has 2 aromatic carbocycles. The molecule has 0 saturated heterocycles. The first-order valence-electron chi connectivity index (χ1n) is 7.60. The van der Waals surface area contributed by atoms with Crippen molar-refractivity contribution >= 4 is 35.0 Å². The van der Waals surface area contributed by atoms with Crippen LogP contribution in [-0.2, 0) is 4.79 Å². The fourth-order valence-corrected chi connectivity index (χ4v) is 3.37. The molecule has 0 radical (unpaired) electrons. The third-order valence-electron chi connectivity index (χ3n) is 3.60. The highest BCUT2D eigenvalue weighted by Gasteiger charge is 2.23. The second-order valence-electron chi connectivity index (χ2n) is 5.35. The van der Waals surface area contributed by atoms with Gasteiger partial charge in [0.2, 0.25) is 11.1 Å². The molecule has 6 nitrogen and oxygen atoms in total. The van der Waals surface area contributed by atoms with E-state index in [1.807, 2.05) is 49.4 Å². The third kappa shape index (κ3) is 4.00. The minimum Gasteiger partial charge on any atom is -0.315 e. The molecule has 0 aliphatic carbocycles. The molecule has 8 heteroatoms. The van der Waals surface area contributed by atoms with Crippen LogP contribution in [0.15, 0.2) is 59.8 Å². The molecule has 3 rings (SSSR count). The number of rotatable bonds is 5. The number of hydrogen-bond acceptors (Lipinski definition) is 5. The maximum atomic E-state index is 12.7. The Bertz CT molecular complexity index is 870. The summed E-state index contributed by atoms with van der Waals surface area (Å²) in [5, 5.41) is 12.5. The smallest absolute Gasteiger partial charge is 0.240 e. The van der Waals surface area contributed by atoms with Gasteiger partial charge < -0.3 is 4.90 Å². The van der Waals surface area contributed by atoms with Crippen LogP contribution in [0, 0.1) is 0 Å². The standard InChI is InChI=1S/C17H16ClN5OS/c1-12(16(24)22(2)14-8-4-3-5-9-14)25-17-19-20-21-23(17)15-10-6-7-13(18)11-15/h3-12H,1-2H3/t12-/m1/s1. The van der Waals surface area contributed by atoms with E-state index in [1.165, 1.54) is 11.8 Å². The third-order valence-corrected chi connectivity index (χ3v) is 4.85. The lowest BCUT2D eigenvalue weighted by molar-refractivity contribution is -0.117. The molecule has 0 fully saturated rings. The number of halogens is 1. The molecular formula is C17H16ClN5OS. The number of carbonyl (C=O) groups is 1. The zero-order valence-corrected chi connectivity index (χ0v) is 15.3. The quantitative estimate of drug-likeness (QED) is 0.641. The Hall–Kier alpha value is -2.38. The van der Waals surface area contributed by atoms with E-state index < -0.39 is 0 Å². The second kappa shape index (κ2) is 7.67. The molecule has 1 aromatic heterocycles. The van der Waals surface area contributed by atoms with Gasteiger partial charge >= 0.3 is 0 Å². The Morgan fingerprint density at radius 1 is 1.20 bits per heavy atom. The average molecular weight is 374 g/mol. The maximum Gasteiger partial charge on any atom is 0.240 e. The molecule has 128 valence electrons. The largest absolute Gasteiger partial charge is 0.315 e. The monoisotopic (exact) mass is 373 g/mol. The van der Waals surface area contributed by atoms with Gasteiger partial charge in [0.25, 0.3) is 0 Å². The predicted molar refractivity (Wildman–Crippen MR) is 99.3 cm³/mol. The number of amides is 1. The van der Waals surface area contributed by atoms with Crippen molar-refractivity contribution in [3.05, 3.63) is 59.6 Å². The van der Waals surface area contributed by atoms with Crippen molar-refractivity contribution in [2.24, 2.45) is 0 Å². The Morgan fingerprint density at radius 2 is 1.96 bits per heavy atom. The highest BCUT2D eigenvalue weighted by atomic mass is 35.5. The second-order valence-corrected chi connectivity index (χ2v) is 7.09. The lowest BCUT2D eigenvalue weighted by Crippen LogP contribution is -2.33. The molecule has 1 atom stereocenters. The number of benzene rings is 2. The van der Waals surface area contributed by atoms with Crippen molar-refractivity contribution in [3.8, 4) is 5.69 Å². The van der Waals surface area contributed by atoms with Gasteiger partial charge in [0.15, 0.2) is 0 Å². The molecule has 0 aliphatic heterocycles. The molecule has 1 amide bonds. The number of thioether (sulfide) groups is 1. The number of nitrogens with zero attached hydrogens (tertiary/aromatic N) is 5. The first-order valence-corrected chi connectivity index (χ1v) is 8.85. The van der Waals surface area contributed by atoms with E-state index >= 15 is 0 Å². The number of carbonyl (C=O) groups excluding carboxylic acids is 1. The van der Waals surface area contributed by atoms with E-state index in [-0.39, 0.29) is 11.2 Å². The predicted octanol–water partition coefficient (Wildman–Crippen LogP) is 3.46. The summed E-state index contributed by atoms with van der Waals surface area (Å²) in [7, 11) is 1.76. The Kier molecular flexibility index (Phi) is 5.35. The van der Waals surface area contributed by atoms with Gasteiger partial charge in [-0.2, -0.15) is 4.68 Å². The number of para-hydroxylation sites is 1. The van der Waals surface area contributed by atoms with Crippen LogP contribution in [0.2, 0.25) is 5.02 Å². The molecule has 1 heterocycles. The van der Waals surface area contributed by atoms with Crippen molar-refractivity contribution in [2.75, 3.05) is 11.9 Å². The van der Waals surface area contributed by atoms with E-state index in [0.717, 1.165) is 11.4 Å². The molecule has 0 bridgehead atoms. The Morgan fingerprint density at radius 3 is 2.68 bits per heavy atom. The summed E-state index contributed by atoms with van der Waals surface area (Å²) in [6.07, 6.45) is 0. The highest BCUT2D eigenvalue weighted by Crippen LogP contribution is 2.26. The van der Waals surface area contributed by atoms with Gasteiger partial charge in [-0.05, 0) is 47.7 Å². The van der Waals surface area contributed by atoms with Gasteiger partial charge in [-0.25, -0.2) is 0 Å². The molecule has 0 aliphatic rings. The van der Waals surface area contributed by atoms with Crippen molar-refractivity contribution < 1.29 is 4.79 Å². The van der Waals surface area contributed by atoms with Crippen LogP contribution in [0.5, 0.6) is 0 Å². The van der Waals surface area contributed by atoms with E-state index in [2.05, 4.69) is 15.5 Å². The van der Waals surface area contributed by atoms with Gasteiger partial charge in [-0.3, -0.25) is 4.79 Å². The molecule has 0 spiro atoms. The minimum absolute atomic E-state index is 0.0307. The molecule has 3 aromatic rings. The van der Waals surface area contributed by atoms with Crippen molar-refractivity contribution in [3.63, 3.8) is 0 Å². The maximum absolute atomic E-state index is 12.7. The van der Waals surface area contributed by atoms with Crippen LogP contribution in [0.3, 0.4) is 0 Å². The SMILES string of the molecule is C[C@@H](Sc1nnnn1-c1cccc(Cl)c1)C(=O)N(C)c1ccccc1. The topological polar surface area (TPSA) is 63.9 Å². The van der Waals surface area contributed by atoms with Gasteiger partial charge in [-0.1, -0.05) is 47.6 Å². The molecule has 0 unspecified atom stereocenters. The summed E-state index contributed by atoms with van der Waals surface area (Å²) in [6, 6.07) is 16.7. The van der Waals surface area contributed by atoms with E-state index in [9.17, 15) is 4.79 Å². The van der Waals surface area contributed by atoms with Crippen LogP contribution in [0.4, 0.5) is 5.69 Å². The average Bonchev–Trinajstić information content (AvgIpc) is 3.09. The van der Waals surface area contributed by atoms with Crippen LogP contribution in [0.1, 0.15) is 6.92 Å². The van der Waals surface area contributed by atoms with Gasteiger partial charge in [-0.15, -0.1) is 5.10 Å². The molecular weight excluding hydrogens is 358 g/mol. The summed E-state index contributed by atoms with van der Waals surface area (Å²) in [5.74, 6) is -0.0307. The van der Waals surface area contributed by atoms with Crippen molar-refractivity contribution in [2.45, 2.75) is 17.3 Å². The highest BCUT2D eigenvalue weighted by molar-refractivity contribution is 8.00. The first-order chi connectivity index (χ1) is 12.1. The number of anilines is 1. The Labute approximate surface area is 154 Å². The Balaban J connectivity index is 1.77. The summed E-state index contributed by atoms with van der Waals surface area (Å²) >= 11 is 7.33. The summed E-state index contributed by atoms with van der Waals surface area (Å²) in [5.41, 5.74) is 1.59. The van der Waals surface area contributed by atoms with Crippen molar-refractivity contribution in [1.82, 2.24) is 20.2 Å². The van der Waals surface area contributed by atoms with Crippen molar-refractivity contribution in [1.29, 1.82) is 0 Å². The van der Waals surface area contributed by atoms with Crippen LogP contribution < -0.4 is 4.90 Å². The molecule has 25 heavy (non-hydrogen) atoms. The summed E-state index contributed by atoms with van der Waals surface area (Å²) in [4.78, 5) is 14.3. The van der Waals surface area contributed by atoms with E-state index in [0.29, 0.717) is 10.2 Å². The van der Waals surface area contributed by atoms with Gasteiger partial charge in [0.05, 0.1) is 10.9 Å².